The van der Waals surface area contributed by atoms with Gasteiger partial charge in [-0.3, -0.25) is 4.79 Å². The number of hydrogen-bond acceptors (Lipinski definition) is 7. The summed E-state index contributed by atoms with van der Waals surface area (Å²) in [7, 11) is 0.216. The highest BCUT2D eigenvalue weighted by atomic mass is 35.5. The van der Waals surface area contributed by atoms with Gasteiger partial charge in [0, 0.05) is 36.3 Å². The Labute approximate surface area is 238 Å². The van der Waals surface area contributed by atoms with Crippen molar-refractivity contribution in [2.24, 2.45) is 5.11 Å². The summed E-state index contributed by atoms with van der Waals surface area (Å²) in [4.78, 5) is 22.9. The summed E-state index contributed by atoms with van der Waals surface area (Å²) in [6, 6.07) is 16.3. The molecule has 0 saturated heterocycles. The minimum Gasteiger partial charge on any atom is -0.378 e. The van der Waals surface area contributed by atoms with E-state index in [0.717, 1.165) is 28.0 Å². The van der Waals surface area contributed by atoms with Gasteiger partial charge in [-0.15, -0.1) is 11.6 Å². The number of ketones is 1. The van der Waals surface area contributed by atoms with Gasteiger partial charge in [-0.05, 0) is 53.3 Å². The average Bonchev–Trinajstić information content (AvgIpc) is 3.32. The van der Waals surface area contributed by atoms with E-state index in [1.54, 1.807) is 35.0 Å². The molecule has 40 heavy (non-hydrogen) atoms. The molecule has 10 nitrogen and oxygen atoms in total. The van der Waals surface area contributed by atoms with Crippen LogP contribution < -0.4 is 4.90 Å². The molecule has 0 saturated carbocycles. The molecular formula is C28H30ClN7O3S. The van der Waals surface area contributed by atoms with Crippen molar-refractivity contribution in [2.75, 3.05) is 36.4 Å². The number of carbonyl (C=O) groups excluding carboxylic acids is 1. The number of nitrogens with zero attached hydrogens (tertiary/aromatic N) is 7. The Hall–Kier alpha value is -3.92. The van der Waals surface area contributed by atoms with Crippen molar-refractivity contribution in [3.8, 4) is 16.8 Å². The fraction of sp³-hybridized carbons (Fsp3) is 0.321. The third kappa shape index (κ3) is 6.28. The van der Waals surface area contributed by atoms with Crippen molar-refractivity contribution in [2.45, 2.75) is 26.2 Å². The lowest BCUT2D eigenvalue weighted by molar-refractivity contribution is 0.101. The number of fused-ring (bicyclic) bond motifs is 1. The van der Waals surface area contributed by atoms with E-state index in [1.807, 2.05) is 57.1 Å². The molecule has 2 aromatic carbocycles. The molecule has 4 rings (SSSR count). The summed E-state index contributed by atoms with van der Waals surface area (Å²) >= 11 is 5.68. The number of rotatable bonds is 11. The summed E-state index contributed by atoms with van der Waals surface area (Å²) in [5.41, 5.74) is 13.6. The third-order valence-corrected chi connectivity index (χ3v) is 8.25. The fourth-order valence-corrected chi connectivity index (χ4v) is 5.95. The first-order chi connectivity index (χ1) is 19.0. The van der Waals surface area contributed by atoms with Gasteiger partial charge < -0.3 is 4.90 Å². The monoisotopic (exact) mass is 579 g/mol. The average molecular weight is 580 g/mol. The van der Waals surface area contributed by atoms with Crippen LogP contribution in [0.1, 0.15) is 42.4 Å². The van der Waals surface area contributed by atoms with Crippen LogP contribution in [0.25, 0.3) is 38.3 Å². The Bertz CT molecular complexity index is 1710. The molecule has 0 spiro atoms. The number of carbonyl (C=O) groups is 1. The molecule has 4 aromatic rings. The van der Waals surface area contributed by atoms with E-state index >= 15 is 0 Å². The van der Waals surface area contributed by atoms with Crippen molar-refractivity contribution in [1.82, 2.24) is 14.8 Å². The molecule has 2 aromatic heterocycles. The van der Waals surface area contributed by atoms with Crippen LogP contribution >= 0.6 is 11.6 Å². The van der Waals surface area contributed by atoms with Gasteiger partial charge in [0.15, 0.2) is 21.3 Å². The highest BCUT2D eigenvalue weighted by Gasteiger charge is 2.25. The second-order valence-corrected chi connectivity index (χ2v) is 12.5. The van der Waals surface area contributed by atoms with Gasteiger partial charge in [-0.2, -0.15) is 5.10 Å². The minimum absolute atomic E-state index is 0.0151. The predicted octanol–water partition coefficient (Wildman–Crippen LogP) is 6.45. The Morgan fingerprint density at radius 1 is 1.15 bits per heavy atom. The number of Topliss-reactive ketones (excluding diaryl/α,β-unsaturated/α-hetero) is 1. The lowest BCUT2D eigenvalue weighted by atomic mass is 9.97. The third-order valence-electron chi connectivity index (χ3n) is 6.37. The van der Waals surface area contributed by atoms with Crippen LogP contribution in [0, 0.1) is 0 Å². The number of pyridine rings is 1. The quantitative estimate of drug-likeness (QED) is 0.0659. The summed E-state index contributed by atoms with van der Waals surface area (Å²) in [5, 5.41) is 9.33. The van der Waals surface area contributed by atoms with Gasteiger partial charge in [-0.25, -0.2) is 18.1 Å². The van der Waals surface area contributed by atoms with Gasteiger partial charge >= 0.3 is 0 Å². The number of benzene rings is 2. The van der Waals surface area contributed by atoms with Crippen LogP contribution in [0.4, 0.5) is 11.4 Å². The first-order valence-electron chi connectivity index (χ1n) is 12.7. The van der Waals surface area contributed by atoms with Crippen LogP contribution in [0.2, 0.25) is 0 Å². The summed E-state index contributed by atoms with van der Waals surface area (Å²) < 4.78 is 26.9. The normalized spacial score (nSPS) is 11.6. The maximum absolute atomic E-state index is 13.4. The molecule has 0 radical (unpaired) electrons. The van der Waals surface area contributed by atoms with E-state index in [-0.39, 0.29) is 29.7 Å². The molecule has 208 valence electrons. The maximum atomic E-state index is 13.4. The summed E-state index contributed by atoms with van der Waals surface area (Å²) in [6.45, 7) is 4.05. The van der Waals surface area contributed by atoms with Gasteiger partial charge in [0.25, 0.3) is 0 Å². The van der Waals surface area contributed by atoms with Crippen molar-refractivity contribution in [3.05, 3.63) is 76.4 Å². The lowest BCUT2D eigenvalue weighted by Crippen LogP contribution is -2.20. The minimum atomic E-state index is -3.67. The first-order valence-corrected chi connectivity index (χ1v) is 15.1. The largest absolute Gasteiger partial charge is 0.378 e. The molecule has 0 bridgehead atoms. The summed E-state index contributed by atoms with van der Waals surface area (Å²) in [5.74, 6) is -1.24. The van der Waals surface area contributed by atoms with Crippen molar-refractivity contribution >= 4 is 49.6 Å². The van der Waals surface area contributed by atoms with E-state index in [1.165, 1.54) is 0 Å². The standard InChI is InChI=1S/C28H30ClN7O3S/c1-18(2)27-26-23(19-9-11-20(12-10-19)32-34-30)16-24(25(37)17-40(38,39)14-6-13-29)31-28(26)36(33-27)22-8-5-7-21(15-22)35(3)4/h5,7-12,15-16,18H,6,13-14,17H2,1-4H3. The molecule has 0 aliphatic carbocycles. The van der Waals surface area contributed by atoms with Crippen LogP contribution in [0.5, 0.6) is 0 Å². The Balaban J connectivity index is 2.00. The van der Waals surface area contributed by atoms with Gasteiger partial charge in [0.05, 0.1) is 22.5 Å². The SMILES string of the molecule is CC(C)c1nn(-c2cccc(N(C)C)c2)c2nc(C(=O)CS(=O)(=O)CCCCl)cc(-c3ccc(N=[N+]=[N-])cc3)c12. The Morgan fingerprint density at radius 2 is 1.88 bits per heavy atom. The predicted molar refractivity (Wildman–Crippen MR) is 160 cm³/mol. The smallest absolute Gasteiger partial charge is 0.196 e. The molecule has 0 unspecified atom stereocenters. The van der Waals surface area contributed by atoms with Crippen LogP contribution in [0.15, 0.2) is 59.7 Å². The van der Waals surface area contributed by atoms with Crippen molar-refractivity contribution in [1.29, 1.82) is 0 Å². The van der Waals surface area contributed by atoms with Crippen molar-refractivity contribution < 1.29 is 13.2 Å². The number of sulfone groups is 1. The van der Waals surface area contributed by atoms with E-state index < -0.39 is 21.4 Å². The molecular weight excluding hydrogens is 550 g/mol. The second-order valence-electron chi connectivity index (χ2n) is 9.91. The van der Waals surface area contributed by atoms with E-state index in [9.17, 15) is 13.2 Å². The zero-order chi connectivity index (χ0) is 29.0. The number of alkyl halides is 1. The highest BCUT2D eigenvalue weighted by Crippen LogP contribution is 2.36. The molecule has 0 aliphatic heterocycles. The maximum Gasteiger partial charge on any atom is 0.196 e. The molecule has 0 fully saturated rings. The Kier molecular flexibility index (Phi) is 8.78. The summed E-state index contributed by atoms with van der Waals surface area (Å²) in [6.07, 6.45) is 0.263. The highest BCUT2D eigenvalue weighted by molar-refractivity contribution is 7.92. The Morgan fingerprint density at radius 3 is 2.50 bits per heavy atom. The second kappa shape index (κ2) is 12.1. The number of halogens is 1. The topological polar surface area (TPSA) is 134 Å². The van der Waals surface area contributed by atoms with E-state index in [2.05, 4.69) is 10.0 Å². The zero-order valence-electron chi connectivity index (χ0n) is 22.7. The molecule has 2 heterocycles. The fourth-order valence-electron chi connectivity index (χ4n) is 4.38. The molecule has 12 heteroatoms. The molecule has 0 N–H and O–H groups in total. The zero-order valence-corrected chi connectivity index (χ0v) is 24.3. The number of anilines is 1. The van der Waals surface area contributed by atoms with Crippen LogP contribution in [-0.2, 0) is 9.84 Å². The van der Waals surface area contributed by atoms with Crippen LogP contribution in [0.3, 0.4) is 0 Å². The van der Waals surface area contributed by atoms with Gasteiger partial charge in [-0.1, -0.05) is 49.3 Å². The number of aromatic nitrogens is 3. The van der Waals surface area contributed by atoms with E-state index in [4.69, 9.17) is 27.2 Å². The number of hydrogen-bond donors (Lipinski definition) is 0. The van der Waals surface area contributed by atoms with Gasteiger partial charge in [0.2, 0.25) is 0 Å². The van der Waals surface area contributed by atoms with E-state index in [0.29, 0.717) is 16.9 Å². The van der Waals surface area contributed by atoms with Gasteiger partial charge in [0.1, 0.15) is 11.4 Å². The molecule has 0 amide bonds. The molecule has 0 atom stereocenters. The number of azide groups is 1. The first kappa shape index (κ1) is 29.1. The van der Waals surface area contributed by atoms with Crippen LogP contribution in [-0.4, -0.2) is 60.4 Å². The van der Waals surface area contributed by atoms with Crippen molar-refractivity contribution in [3.63, 3.8) is 0 Å². The lowest BCUT2D eigenvalue weighted by Gasteiger charge is -2.14. The molecule has 0 aliphatic rings.